The van der Waals surface area contributed by atoms with Crippen LogP contribution in [-0.4, -0.2) is 26.0 Å². The molecule has 0 N–H and O–H groups in total. The van der Waals surface area contributed by atoms with Crippen molar-refractivity contribution in [1.29, 1.82) is 0 Å². The Kier molecular flexibility index (Phi) is 5.17. The fourth-order valence-corrected chi connectivity index (χ4v) is 3.99. The van der Waals surface area contributed by atoms with E-state index >= 15 is 4.39 Å². The Morgan fingerprint density at radius 3 is 2.15 bits per heavy atom. The summed E-state index contributed by atoms with van der Waals surface area (Å²) in [5.41, 5.74) is -0.455. The van der Waals surface area contributed by atoms with Gasteiger partial charge >= 0.3 is 12.1 Å². The minimum Gasteiger partial charge on any atom is -0.323 e. The second kappa shape index (κ2) is 7.73. The molecule has 3 aliphatic heterocycles. The zero-order valence-corrected chi connectivity index (χ0v) is 17.7. The third-order valence-corrected chi connectivity index (χ3v) is 5.82. The largest absolute Gasteiger partial charge is 0.458 e. The molecule has 3 saturated heterocycles. The highest BCUT2D eigenvalue weighted by atomic mass is 19.4. The molecule has 3 aromatic rings. The lowest BCUT2D eigenvalue weighted by Crippen LogP contribution is -2.57. The average Bonchev–Trinajstić information content (AvgIpc) is 2.78. The van der Waals surface area contributed by atoms with Gasteiger partial charge in [0.05, 0.1) is 25.4 Å². The van der Waals surface area contributed by atoms with Gasteiger partial charge in [0, 0.05) is 27.8 Å². The second-order valence-electron chi connectivity index (χ2n) is 8.66. The first-order chi connectivity index (χ1) is 16.0. The molecule has 176 valence electrons. The molecule has 3 heterocycles. The van der Waals surface area contributed by atoms with Crippen molar-refractivity contribution in [2.75, 3.05) is 19.8 Å². The van der Waals surface area contributed by atoms with Gasteiger partial charge in [0.25, 0.3) is 0 Å². The molecule has 3 aliphatic rings. The van der Waals surface area contributed by atoms with Crippen molar-refractivity contribution in [2.45, 2.75) is 19.1 Å². The van der Waals surface area contributed by atoms with E-state index in [0.717, 1.165) is 12.0 Å². The zero-order chi connectivity index (χ0) is 24.3. The highest BCUT2D eigenvalue weighted by molar-refractivity contribution is 5.89. The van der Waals surface area contributed by atoms with Crippen molar-refractivity contribution < 1.29 is 40.6 Å². The average molecular weight is 478 g/mol. The molecular weight excluding hydrogens is 462 g/mol. The van der Waals surface area contributed by atoms with Crippen LogP contribution in [0.15, 0.2) is 42.5 Å². The van der Waals surface area contributed by atoms with Gasteiger partial charge in [-0.15, -0.1) is 0 Å². The summed E-state index contributed by atoms with van der Waals surface area (Å²) in [4.78, 5) is 0. The molecule has 34 heavy (non-hydrogen) atoms. The van der Waals surface area contributed by atoms with Gasteiger partial charge in [-0.25, -0.2) is 13.2 Å². The molecule has 0 atom stereocenters. The number of halogens is 6. The van der Waals surface area contributed by atoms with E-state index in [2.05, 4.69) is 0 Å². The van der Waals surface area contributed by atoms with Crippen molar-refractivity contribution in [3.63, 3.8) is 0 Å². The van der Waals surface area contributed by atoms with Crippen LogP contribution in [0, 0.1) is 34.7 Å². The summed E-state index contributed by atoms with van der Waals surface area (Å²) in [6, 6.07) is 9.09. The third kappa shape index (κ3) is 3.92. The molecule has 0 aliphatic carbocycles. The molecule has 3 nitrogen and oxygen atoms in total. The summed E-state index contributed by atoms with van der Waals surface area (Å²) < 4.78 is 98.2. The van der Waals surface area contributed by atoms with E-state index in [4.69, 9.17) is 14.2 Å². The Bertz CT molecular complexity index is 1340. The molecule has 0 aromatic heterocycles. The minimum atomic E-state index is -4.89. The van der Waals surface area contributed by atoms with E-state index in [1.165, 1.54) is 36.3 Å². The summed E-state index contributed by atoms with van der Waals surface area (Å²) in [5, 5.41) is -0.101. The molecule has 3 aromatic carbocycles. The number of fused-ring (bicyclic) bond motifs is 4. The molecule has 0 amide bonds. The number of rotatable bonds is 2. The normalized spacial score (nSPS) is 24.2. The fourth-order valence-electron chi connectivity index (χ4n) is 3.99. The Morgan fingerprint density at radius 1 is 0.853 bits per heavy atom. The second-order valence-corrected chi connectivity index (χ2v) is 8.66. The molecule has 6 rings (SSSR count). The van der Waals surface area contributed by atoms with Crippen LogP contribution in [0.25, 0.3) is 21.9 Å². The monoisotopic (exact) mass is 478 g/mol. The summed E-state index contributed by atoms with van der Waals surface area (Å²) in [5.74, 6) is -2.23. The van der Waals surface area contributed by atoms with Gasteiger partial charge in [-0.05, 0) is 29.1 Å². The lowest BCUT2D eigenvalue weighted by Gasteiger charge is -2.50. The number of ether oxygens (including phenoxy) is 3. The van der Waals surface area contributed by atoms with Gasteiger partial charge in [0.1, 0.15) is 17.5 Å². The number of hydrogen-bond acceptors (Lipinski definition) is 3. The predicted octanol–water partition coefficient (Wildman–Crippen LogP) is 6.03. The Hall–Kier alpha value is -3.06. The molecule has 0 saturated carbocycles. The minimum absolute atomic E-state index is 0.0426. The third-order valence-electron chi connectivity index (χ3n) is 5.82. The van der Waals surface area contributed by atoms with Gasteiger partial charge in [0.15, 0.2) is 0 Å². The van der Waals surface area contributed by atoms with E-state index in [9.17, 15) is 22.0 Å². The lowest BCUT2D eigenvalue weighted by molar-refractivity contribution is -0.477. The predicted molar refractivity (Wildman–Crippen MR) is 110 cm³/mol. The van der Waals surface area contributed by atoms with E-state index in [0.29, 0.717) is 30.9 Å². The van der Waals surface area contributed by atoms with Crippen LogP contribution in [0.1, 0.15) is 18.1 Å². The van der Waals surface area contributed by atoms with Crippen molar-refractivity contribution in [3.05, 3.63) is 71.0 Å². The van der Waals surface area contributed by atoms with Crippen molar-refractivity contribution in [2.24, 2.45) is 5.41 Å². The van der Waals surface area contributed by atoms with Crippen LogP contribution in [0.5, 0.6) is 0 Å². The van der Waals surface area contributed by atoms with Crippen molar-refractivity contribution in [3.8, 4) is 23.0 Å². The zero-order valence-electron chi connectivity index (χ0n) is 17.7. The number of hydrogen-bond donors (Lipinski definition) is 0. The Morgan fingerprint density at radius 2 is 1.53 bits per heavy atom. The van der Waals surface area contributed by atoms with Crippen LogP contribution in [0.3, 0.4) is 0 Å². The highest BCUT2D eigenvalue weighted by Crippen LogP contribution is 2.44. The Labute approximate surface area is 190 Å². The summed E-state index contributed by atoms with van der Waals surface area (Å²) in [6.45, 7) is 3.14. The van der Waals surface area contributed by atoms with E-state index < -0.39 is 35.2 Å². The van der Waals surface area contributed by atoms with Crippen LogP contribution >= 0.6 is 0 Å². The standard InChI is InChI=1S/C25H16F6O3/c1-23-11-32-25(33-12-23,34-13-23)16-3-5-17(21(27)10-16)14-2-4-18-15(8-14)9-20(26)19(22(18)28)6-7-24(29,30)31/h2-5,8-10H,11-13H2,1H3. The molecule has 9 heteroatoms. The van der Waals surface area contributed by atoms with Crippen molar-refractivity contribution in [1.82, 2.24) is 0 Å². The summed E-state index contributed by atoms with van der Waals surface area (Å²) >= 11 is 0. The fraction of sp³-hybridized carbons (Fsp3) is 0.280. The SMILES string of the molecule is CC12COC(c3ccc(-c4ccc5c(F)c(C#CC(F)(F)F)c(F)cc5c4)c(F)c3)(OC1)OC2. The van der Waals surface area contributed by atoms with Gasteiger partial charge < -0.3 is 14.2 Å². The number of benzene rings is 3. The highest BCUT2D eigenvalue weighted by Gasteiger charge is 2.51. The maximum absolute atomic E-state index is 15.1. The molecule has 0 radical (unpaired) electrons. The Balaban J connectivity index is 1.50. The first kappa shape index (κ1) is 22.7. The van der Waals surface area contributed by atoms with Crippen LogP contribution in [-0.2, 0) is 20.2 Å². The van der Waals surface area contributed by atoms with Crippen LogP contribution < -0.4 is 0 Å². The van der Waals surface area contributed by atoms with Gasteiger partial charge in [-0.3, -0.25) is 0 Å². The molecule has 0 unspecified atom stereocenters. The number of alkyl halides is 3. The maximum Gasteiger partial charge on any atom is 0.458 e. The van der Waals surface area contributed by atoms with E-state index in [-0.39, 0.29) is 21.8 Å². The first-order valence-corrected chi connectivity index (χ1v) is 10.2. The smallest absolute Gasteiger partial charge is 0.323 e. The lowest BCUT2D eigenvalue weighted by atomic mass is 9.91. The van der Waals surface area contributed by atoms with Crippen LogP contribution in [0.2, 0.25) is 0 Å². The van der Waals surface area contributed by atoms with Gasteiger partial charge in [-0.2, -0.15) is 13.2 Å². The topological polar surface area (TPSA) is 27.7 Å². The summed E-state index contributed by atoms with van der Waals surface area (Å²) in [6.07, 6.45) is -4.89. The first-order valence-electron chi connectivity index (χ1n) is 10.2. The van der Waals surface area contributed by atoms with Crippen molar-refractivity contribution >= 4 is 10.8 Å². The van der Waals surface area contributed by atoms with Crippen LogP contribution in [0.4, 0.5) is 26.3 Å². The molecule has 3 fully saturated rings. The van der Waals surface area contributed by atoms with Gasteiger partial charge in [0.2, 0.25) is 0 Å². The van der Waals surface area contributed by atoms with E-state index in [1.807, 2.05) is 6.92 Å². The molecular formula is C25H16F6O3. The maximum atomic E-state index is 15.1. The molecule has 0 spiro atoms. The van der Waals surface area contributed by atoms with E-state index in [1.54, 1.807) is 6.07 Å². The molecule has 2 bridgehead atoms. The quantitative estimate of drug-likeness (QED) is 0.333. The van der Waals surface area contributed by atoms with Gasteiger partial charge in [-0.1, -0.05) is 37.1 Å². The summed E-state index contributed by atoms with van der Waals surface area (Å²) in [7, 11) is 0.